The molecule has 25 heavy (non-hydrogen) atoms. The highest BCUT2D eigenvalue weighted by atomic mass is 19.3. The Balaban J connectivity index is 1.80. The van der Waals surface area contributed by atoms with Crippen LogP contribution in [0.5, 0.6) is 11.5 Å². The Labute approximate surface area is 139 Å². The van der Waals surface area contributed by atoms with Crippen molar-refractivity contribution < 1.29 is 26.7 Å². The third kappa shape index (κ3) is 2.06. The number of alkyl halides is 4. The van der Waals surface area contributed by atoms with Crippen molar-refractivity contribution in [3.05, 3.63) is 58.4 Å². The lowest BCUT2D eigenvalue weighted by atomic mass is 10.0. The van der Waals surface area contributed by atoms with E-state index in [4.69, 9.17) is 10.00 Å². The van der Waals surface area contributed by atoms with Crippen molar-refractivity contribution in [1.29, 1.82) is 5.26 Å². The average Bonchev–Trinajstić information content (AvgIpc) is 3.05. The molecule has 0 N–H and O–H groups in total. The molecule has 1 atom stereocenters. The lowest BCUT2D eigenvalue weighted by Gasteiger charge is -2.23. The summed E-state index contributed by atoms with van der Waals surface area (Å²) >= 11 is 0. The molecule has 0 bridgehead atoms. The summed E-state index contributed by atoms with van der Waals surface area (Å²) < 4.78 is 75.2. The molecule has 0 radical (unpaired) electrons. The van der Waals surface area contributed by atoms with Crippen molar-refractivity contribution >= 4 is 0 Å². The molecule has 4 rings (SSSR count). The molecule has 0 saturated carbocycles. The Morgan fingerprint density at radius 3 is 2.60 bits per heavy atom. The Kier molecular flexibility index (Phi) is 3.14. The first-order chi connectivity index (χ1) is 11.8. The van der Waals surface area contributed by atoms with Crippen LogP contribution in [0.4, 0.5) is 22.0 Å². The SMILES string of the molecule is N#Cc1cc(F)cc(Oc2ccc3c4c2CCC4C(F)(F)C3(F)F)c1. The van der Waals surface area contributed by atoms with Gasteiger partial charge in [0.25, 0.3) is 0 Å². The van der Waals surface area contributed by atoms with E-state index in [1.54, 1.807) is 6.07 Å². The highest BCUT2D eigenvalue weighted by molar-refractivity contribution is 5.57. The second-order valence-electron chi connectivity index (χ2n) is 6.18. The van der Waals surface area contributed by atoms with E-state index in [1.165, 1.54) is 12.1 Å². The third-order valence-corrected chi connectivity index (χ3v) is 4.77. The van der Waals surface area contributed by atoms with Gasteiger partial charge in [0.2, 0.25) is 0 Å². The number of benzene rings is 2. The monoisotopic (exact) mass is 351 g/mol. The summed E-state index contributed by atoms with van der Waals surface area (Å²) in [5, 5.41) is 8.86. The summed E-state index contributed by atoms with van der Waals surface area (Å²) in [6.07, 6.45) is 0.0765. The Bertz CT molecular complexity index is 932. The smallest absolute Gasteiger partial charge is 0.336 e. The van der Waals surface area contributed by atoms with Gasteiger partial charge in [-0.05, 0) is 48.2 Å². The Morgan fingerprint density at radius 1 is 1.12 bits per heavy atom. The normalized spacial score (nSPS) is 21.7. The van der Waals surface area contributed by atoms with Crippen LogP contribution in [0, 0.1) is 17.1 Å². The predicted octanol–water partition coefficient (Wildman–Crippen LogP) is 5.26. The van der Waals surface area contributed by atoms with Crippen LogP contribution < -0.4 is 4.74 Å². The van der Waals surface area contributed by atoms with E-state index < -0.39 is 29.1 Å². The maximum absolute atomic E-state index is 14.0. The minimum atomic E-state index is -4.21. The van der Waals surface area contributed by atoms with Gasteiger partial charge in [0, 0.05) is 11.6 Å². The number of ether oxygens (including phenoxy) is 1. The summed E-state index contributed by atoms with van der Waals surface area (Å²) in [5.41, 5.74) is -0.408. The second kappa shape index (κ2) is 4.94. The van der Waals surface area contributed by atoms with Gasteiger partial charge in [-0.1, -0.05) is 0 Å². The fraction of sp³-hybridized carbons (Fsp3) is 0.278. The third-order valence-electron chi connectivity index (χ3n) is 4.77. The predicted molar refractivity (Wildman–Crippen MR) is 77.5 cm³/mol. The Hall–Kier alpha value is -2.62. The van der Waals surface area contributed by atoms with Crippen molar-refractivity contribution in [2.45, 2.75) is 30.6 Å². The number of rotatable bonds is 2. The molecule has 1 unspecified atom stereocenters. The first-order valence-corrected chi connectivity index (χ1v) is 7.56. The molecule has 2 aliphatic carbocycles. The quantitative estimate of drug-likeness (QED) is 0.692. The zero-order valence-corrected chi connectivity index (χ0v) is 12.6. The van der Waals surface area contributed by atoms with Gasteiger partial charge >= 0.3 is 11.8 Å². The molecule has 0 fully saturated rings. The zero-order chi connectivity index (χ0) is 18.0. The number of hydrogen-bond acceptors (Lipinski definition) is 2. The first-order valence-electron chi connectivity index (χ1n) is 7.56. The lowest BCUT2D eigenvalue weighted by molar-refractivity contribution is -0.215. The van der Waals surface area contributed by atoms with Gasteiger partial charge in [0.15, 0.2) is 0 Å². The van der Waals surface area contributed by atoms with Crippen LogP contribution in [0.25, 0.3) is 0 Å². The van der Waals surface area contributed by atoms with Gasteiger partial charge in [-0.15, -0.1) is 0 Å². The van der Waals surface area contributed by atoms with Gasteiger partial charge < -0.3 is 4.74 Å². The van der Waals surface area contributed by atoms with Crippen molar-refractivity contribution in [3.8, 4) is 17.6 Å². The van der Waals surface area contributed by atoms with Crippen LogP contribution in [0.1, 0.15) is 34.6 Å². The van der Waals surface area contributed by atoms with Crippen LogP contribution in [0.2, 0.25) is 0 Å². The molecule has 2 aliphatic rings. The van der Waals surface area contributed by atoms with Crippen molar-refractivity contribution in [2.75, 3.05) is 0 Å². The molecule has 2 aromatic rings. The van der Waals surface area contributed by atoms with Crippen molar-refractivity contribution in [2.24, 2.45) is 0 Å². The minimum absolute atomic E-state index is 0.00715. The highest BCUT2D eigenvalue weighted by Gasteiger charge is 2.69. The van der Waals surface area contributed by atoms with Crippen molar-refractivity contribution in [1.82, 2.24) is 0 Å². The van der Waals surface area contributed by atoms with E-state index in [9.17, 15) is 22.0 Å². The molecule has 0 aromatic heterocycles. The van der Waals surface area contributed by atoms with Crippen molar-refractivity contribution in [3.63, 3.8) is 0 Å². The number of nitrogens with zero attached hydrogens (tertiary/aromatic N) is 1. The zero-order valence-electron chi connectivity index (χ0n) is 12.6. The standard InChI is InChI=1S/C18H10F5NO/c19-10-5-9(8-24)6-11(7-10)25-15-4-3-14-16-12(15)1-2-13(16)17(20,21)18(14,22)23/h3-7,13H,1-2H2. The van der Waals surface area contributed by atoms with Crippen LogP contribution in [0.15, 0.2) is 30.3 Å². The number of hydrogen-bond donors (Lipinski definition) is 0. The van der Waals surface area contributed by atoms with Gasteiger partial charge in [0.1, 0.15) is 17.3 Å². The van der Waals surface area contributed by atoms with E-state index in [0.29, 0.717) is 5.56 Å². The van der Waals surface area contributed by atoms with Crippen LogP contribution in [-0.2, 0) is 12.3 Å². The molecular weight excluding hydrogens is 341 g/mol. The summed E-state index contributed by atoms with van der Waals surface area (Å²) in [6, 6.07) is 7.26. The lowest BCUT2D eigenvalue weighted by Crippen LogP contribution is -2.36. The van der Waals surface area contributed by atoms with E-state index in [1.807, 2.05) is 0 Å². The fourth-order valence-corrected chi connectivity index (χ4v) is 3.68. The topological polar surface area (TPSA) is 33.0 Å². The van der Waals surface area contributed by atoms with Gasteiger partial charge in [0.05, 0.1) is 17.6 Å². The van der Waals surface area contributed by atoms with Gasteiger partial charge in [-0.2, -0.15) is 22.8 Å². The molecule has 2 nitrogen and oxygen atoms in total. The van der Waals surface area contributed by atoms with E-state index in [0.717, 1.165) is 18.2 Å². The summed E-state index contributed by atoms with van der Waals surface area (Å²) in [5.74, 6) is -10.4. The Morgan fingerprint density at radius 2 is 1.88 bits per heavy atom. The molecule has 0 saturated heterocycles. The van der Waals surface area contributed by atoms with E-state index >= 15 is 0 Å². The van der Waals surface area contributed by atoms with Gasteiger partial charge in [-0.25, -0.2) is 4.39 Å². The molecule has 0 aliphatic heterocycles. The molecule has 0 amide bonds. The van der Waals surface area contributed by atoms with Crippen LogP contribution in [-0.4, -0.2) is 5.92 Å². The van der Waals surface area contributed by atoms with Gasteiger partial charge in [-0.3, -0.25) is 0 Å². The first kappa shape index (κ1) is 15.9. The maximum Gasteiger partial charge on any atom is 0.336 e. The summed E-state index contributed by atoms with van der Waals surface area (Å²) in [4.78, 5) is 0. The van der Waals surface area contributed by atoms with E-state index in [2.05, 4.69) is 0 Å². The largest absolute Gasteiger partial charge is 0.457 e. The molecule has 2 aromatic carbocycles. The second-order valence-corrected chi connectivity index (χ2v) is 6.18. The molecular formula is C18H10F5NO. The highest BCUT2D eigenvalue weighted by Crippen LogP contribution is 2.64. The summed E-state index contributed by atoms with van der Waals surface area (Å²) in [6.45, 7) is 0. The maximum atomic E-state index is 14.0. The number of halogens is 5. The minimum Gasteiger partial charge on any atom is -0.457 e. The summed E-state index contributed by atoms with van der Waals surface area (Å²) in [7, 11) is 0. The van der Waals surface area contributed by atoms with Crippen LogP contribution >= 0.6 is 0 Å². The fourth-order valence-electron chi connectivity index (χ4n) is 3.68. The average molecular weight is 351 g/mol. The van der Waals surface area contributed by atoms with Crippen LogP contribution in [0.3, 0.4) is 0 Å². The number of nitriles is 1. The molecule has 7 heteroatoms. The molecule has 0 spiro atoms. The van der Waals surface area contributed by atoms with E-state index in [-0.39, 0.29) is 35.5 Å². The molecule has 0 heterocycles. The molecule has 128 valence electrons.